The van der Waals surface area contributed by atoms with E-state index in [1.807, 2.05) is 25.7 Å². The summed E-state index contributed by atoms with van der Waals surface area (Å²) in [6.45, 7) is 9.35. The van der Waals surface area contributed by atoms with Crippen LogP contribution in [0.1, 0.15) is 34.6 Å². The highest BCUT2D eigenvalue weighted by molar-refractivity contribution is 6.13. The van der Waals surface area contributed by atoms with Gasteiger partial charge in [0, 0.05) is 6.20 Å². The summed E-state index contributed by atoms with van der Waals surface area (Å²) < 4.78 is 27.8. The van der Waals surface area contributed by atoms with E-state index in [9.17, 15) is 9.59 Å². The molecule has 0 spiro atoms. The van der Waals surface area contributed by atoms with Crippen molar-refractivity contribution >= 4 is 11.9 Å². The van der Waals surface area contributed by atoms with Gasteiger partial charge < -0.3 is 28.6 Å². The highest BCUT2D eigenvalue weighted by Gasteiger charge is 2.64. The zero-order chi connectivity index (χ0) is 18.4. The summed E-state index contributed by atoms with van der Waals surface area (Å²) in [7, 11) is 0. The first-order valence-corrected chi connectivity index (χ1v) is 8.63. The second-order valence-electron chi connectivity index (χ2n) is 6.72. The molecular weight excluding hydrogens is 330 g/mol. The van der Waals surface area contributed by atoms with Crippen LogP contribution < -0.4 is 0 Å². The van der Waals surface area contributed by atoms with Crippen LogP contribution in [0.25, 0.3) is 0 Å². The van der Waals surface area contributed by atoms with Gasteiger partial charge in [0.15, 0.2) is 17.6 Å². The Morgan fingerprint density at radius 2 is 1.64 bits per heavy atom. The van der Waals surface area contributed by atoms with Crippen molar-refractivity contribution in [1.29, 1.82) is 0 Å². The summed E-state index contributed by atoms with van der Waals surface area (Å²) in [5.74, 6) is -2.11. The van der Waals surface area contributed by atoms with Crippen molar-refractivity contribution in [2.45, 2.75) is 71.0 Å². The molecule has 0 aromatic heterocycles. The minimum absolute atomic E-state index is 0.120. The summed E-state index contributed by atoms with van der Waals surface area (Å²) in [5.41, 5.74) is -0.157. The third-order valence-corrected chi connectivity index (χ3v) is 4.52. The molecule has 3 heterocycles. The molecule has 5 atom stereocenters. The molecule has 0 unspecified atom stereocenters. The summed E-state index contributed by atoms with van der Waals surface area (Å²) in [4.78, 5) is 26.2. The number of hydrogen-bond donors (Lipinski definition) is 0. The minimum Gasteiger partial charge on any atom is -0.462 e. The van der Waals surface area contributed by atoms with Gasteiger partial charge in [0.05, 0.1) is 25.4 Å². The lowest BCUT2D eigenvalue weighted by atomic mass is 10.0. The molecule has 3 rings (SSSR count). The number of rotatable bonds is 5. The number of hydrogen-bond acceptors (Lipinski definition) is 8. The van der Waals surface area contributed by atoms with Crippen LogP contribution in [0.4, 0.5) is 0 Å². The maximum absolute atomic E-state index is 12.2. The Bertz CT molecular complexity index is 568. The van der Waals surface area contributed by atoms with Crippen molar-refractivity contribution in [1.82, 2.24) is 4.90 Å². The monoisotopic (exact) mass is 355 g/mol. The van der Waals surface area contributed by atoms with Gasteiger partial charge in [-0.1, -0.05) is 0 Å². The summed E-state index contributed by atoms with van der Waals surface area (Å²) >= 11 is 0. The SMILES string of the molecule is CCOC(=O)C(=CN1[C@H]2[C@H]3OC(C)(C)O[C@H]3[C@@H]1O[C@H]2C)C(=O)OCC. The Balaban J connectivity index is 1.88. The highest BCUT2D eigenvalue weighted by atomic mass is 16.8. The van der Waals surface area contributed by atoms with Gasteiger partial charge in [-0.2, -0.15) is 0 Å². The first-order valence-electron chi connectivity index (χ1n) is 8.63. The Kier molecular flexibility index (Phi) is 4.78. The molecule has 3 aliphatic heterocycles. The van der Waals surface area contributed by atoms with Gasteiger partial charge in [0.25, 0.3) is 0 Å². The molecule has 25 heavy (non-hydrogen) atoms. The first-order chi connectivity index (χ1) is 11.8. The molecule has 3 aliphatic rings. The van der Waals surface area contributed by atoms with E-state index in [0.717, 1.165) is 0 Å². The topological polar surface area (TPSA) is 83.5 Å². The van der Waals surface area contributed by atoms with Crippen molar-refractivity contribution < 1.29 is 33.3 Å². The Morgan fingerprint density at radius 1 is 1.08 bits per heavy atom. The van der Waals surface area contributed by atoms with Crippen molar-refractivity contribution in [2.24, 2.45) is 0 Å². The lowest BCUT2D eigenvalue weighted by Crippen LogP contribution is -2.42. The Hall–Kier alpha value is -1.64. The molecule has 0 aliphatic carbocycles. The Morgan fingerprint density at radius 3 is 2.20 bits per heavy atom. The van der Waals surface area contributed by atoms with Gasteiger partial charge in [-0.3, -0.25) is 0 Å². The third kappa shape index (κ3) is 3.14. The zero-order valence-electron chi connectivity index (χ0n) is 15.2. The molecule has 2 bridgehead atoms. The third-order valence-electron chi connectivity index (χ3n) is 4.52. The molecule has 0 amide bonds. The van der Waals surface area contributed by atoms with Crippen LogP contribution in [-0.2, 0) is 33.3 Å². The standard InChI is InChI=1S/C17H25NO7/c1-6-21-15(19)10(16(20)22-7-2)8-18-11-9(3)23-14(18)13-12(11)24-17(4,5)25-13/h8-9,11-14H,6-7H2,1-5H3/t9-,11+,12+,13+,14-/m0/s1. The van der Waals surface area contributed by atoms with Crippen LogP contribution in [0.2, 0.25) is 0 Å². The summed E-state index contributed by atoms with van der Waals surface area (Å²) in [6.07, 6.45) is 0.451. The number of ether oxygens (including phenoxy) is 5. The van der Waals surface area contributed by atoms with E-state index in [1.165, 1.54) is 6.20 Å². The molecule has 140 valence electrons. The van der Waals surface area contributed by atoms with E-state index in [-0.39, 0.29) is 43.1 Å². The molecule has 0 aromatic rings. The summed E-state index contributed by atoms with van der Waals surface area (Å²) in [5, 5.41) is 0. The van der Waals surface area contributed by atoms with E-state index in [2.05, 4.69) is 0 Å². The van der Waals surface area contributed by atoms with Gasteiger partial charge in [0.2, 0.25) is 0 Å². The number of fused-ring (bicyclic) bond motifs is 5. The minimum atomic E-state index is -0.716. The van der Waals surface area contributed by atoms with Gasteiger partial charge in [-0.15, -0.1) is 0 Å². The van der Waals surface area contributed by atoms with Crippen LogP contribution in [-0.4, -0.2) is 66.4 Å². The zero-order valence-corrected chi connectivity index (χ0v) is 15.2. The highest BCUT2D eigenvalue weighted by Crippen LogP contribution is 2.47. The fourth-order valence-corrected chi connectivity index (χ4v) is 3.68. The van der Waals surface area contributed by atoms with Gasteiger partial charge >= 0.3 is 11.9 Å². The quantitative estimate of drug-likeness (QED) is 0.312. The molecule has 3 fully saturated rings. The van der Waals surface area contributed by atoms with Crippen molar-refractivity contribution in [3.05, 3.63) is 11.8 Å². The smallest absolute Gasteiger partial charge is 0.347 e. The van der Waals surface area contributed by atoms with Crippen LogP contribution in [0, 0.1) is 0 Å². The summed E-state index contributed by atoms with van der Waals surface area (Å²) in [6, 6.07) is -0.157. The second-order valence-corrected chi connectivity index (χ2v) is 6.72. The fraction of sp³-hybridized carbons (Fsp3) is 0.765. The predicted octanol–water partition coefficient (Wildman–Crippen LogP) is 0.946. The molecule has 8 nitrogen and oxygen atoms in total. The molecule has 0 radical (unpaired) electrons. The molecule has 8 heteroatoms. The van der Waals surface area contributed by atoms with Crippen LogP contribution in [0.5, 0.6) is 0 Å². The van der Waals surface area contributed by atoms with Gasteiger partial charge in [0.1, 0.15) is 12.2 Å². The van der Waals surface area contributed by atoms with E-state index in [4.69, 9.17) is 23.7 Å². The number of carbonyl (C=O) groups excluding carboxylic acids is 2. The number of carbonyl (C=O) groups is 2. The predicted molar refractivity (Wildman–Crippen MR) is 85.1 cm³/mol. The fourth-order valence-electron chi connectivity index (χ4n) is 3.68. The Labute approximate surface area is 147 Å². The molecule has 0 aromatic carbocycles. The normalized spacial score (nSPS) is 34.6. The molecule has 0 N–H and O–H groups in total. The van der Waals surface area contributed by atoms with E-state index in [0.29, 0.717) is 0 Å². The van der Waals surface area contributed by atoms with Gasteiger partial charge in [-0.25, -0.2) is 9.59 Å². The van der Waals surface area contributed by atoms with E-state index in [1.54, 1.807) is 13.8 Å². The average Bonchev–Trinajstić information content (AvgIpc) is 3.09. The van der Waals surface area contributed by atoms with Crippen LogP contribution in [0.15, 0.2) is 11.8 Å². The van der Waals surface area contributed by atoms with Gasteiger partial charge in [-0.05, 0) is 34.6 Å². The average molecular weight is 355 g/mol. The number of nitrogens with zero attached hydrogens (tertiary/aromatic N) is 1. The second kappa shape index (κ2) is 6.59. The first kappa shape index (κ1) is 18.2. The largest absolute Gasteiger partial charge is 0.462 e. The maximum atomic E-state index is 12.2. The molecule has 3 saturated heterocycles. The van der Waals surface area contributed by atoms with E-state index >= 15 is 0 Å². The van der Waals surface area contributed by atoms with Crippen molar-refractivity contribution in [3.63, 3.8) is 0 Å². The van der Waals surface area contributed by atoms with Crippen LogP contribution in [0.3, 0.4) is 0 Å². The number of esters is 2. The van der Waals surface area contributed by atoms with Crippen molar-refractivity contribution in [2.75, 3.05) is 13.2 Å². The molecular formula is C17H25NO7. The van der Waals surface area contributed by atoms with Crippen molar-refractivity contribution in [3.8, 4) is 0 Å². The van der Waals surface area contributed by atoms with Crippen LogP contribution >= 0.6 is 0 Å². The lowest BCUT2D eigenvalue weighted by Gasteiger charge is -2.26. The van der Waals surface area contributed by atoms with E-state index < -0.39 is 24.0 Å². The lowest BCUT2D eigenvalue weighted by molar-refractivity contribution is -0.169. The molecule has 0 saturated carbocycles. The maximum Gasteiger partial charge on any atom is 0.347 e.